The number of aliphatic hydroxyl groups is 1. The van der Waals surface area contributed by atoms with Crippen LogP contribution in [0.5, 0.6) is 0 Å². The summed E-state index contributed by atoms with van der Waals surface area (Å²) in [5, 5.41) is 11.1. The summed E-state index contributed by atoms with van der Waals surface area (Å²) in [5.41, 5.74) is 6.96. The van der Waals surface area contributed by atoms with Crippen LogP contribution in [0.4, 0.5) is 0 Å². The van der Waals surface area contributed by atoms with E-state index >= 15 is 0 Å². The van der Waals surface area contributed by atoms with Crippen LogP contribution in [0.3, 0.4) is 0 Å². The van der Waals surface area contributed by atoms with E-state index in [0.29, 0.717) is 13.0 Å². The normalized spacial score (nSPS) is 10.5. The monoisotopic (exact) mass is 447 g/mol. The van der Waals surface area contributed by atoms with Gasteiger partial charge in [-0.05, 0) is 6.92 Å². The molecule has 0 atom stereocenters. The van der Waals surface area contributed by atoms with Crippen LogP contribution < -0.4 is 24.8 Å². The van der Waals surface area contributed by atoms with Crippen LogP contribution in [0, 0.1) is 0 Å². The summed E-state index contributed by atoms with van der Waals surface area (Å²) in [5.74, 6) is 0.753. The Morgan fingerprint density at radius 1 is 1.25 bits per heavy atom. The van der Waals surface area contributed by atoms with Crippen molar-refractivity contribution in [3.63, 3.8) is 0 Å². The molecular weight excluding hydrogens is 424 g/mol. The minimum absolute atomic E-state index is 0. The summed E-state index contributed by atoms with van der Waals surface area (Å²) in [4.78, 5) is 0. The van der Waals surface area contributed by atoms with Gasteiger partial charge in [-0.1, -0.05) is 26.0 Å². The fourth-order valence-electron chi connectivity index (χ4n) is 1.92. The van der Waals surface area contributed by atoms with Crippen LogP contribution in [-0.4, -0.2) is 23.9 Å². The summed E-state index contributed by atoms with van der Waals surface area (Å²) in [7, 11) is 0. The molecule has 24 heavy (non-hydrogen) atoms. The summed E-state index contributed by atoms with van der Waals surface area (Å²) in [6, 6.07) is 14.7. The van der Waals surface area contributed by atoms with Crippen LogP contribution in [-0.2, 0) is 30.9 Å². The van der Waals surface area contributed by atoms with Gasteiger partial charge in [-0.15, -0.1) is 35.2 Å². The topological polar surface area (TPSA) is 53.3 Å². The number of benzene rings is 1. The molecule has 0 radical (unpaired) electrons. The molecule has 132 valence electrons. The molecule has 0 heterocycles. The van der Waals surface area contributed by atoms with Gasteiger partial charge in [-0.2, -0.15) is 17.5 Å². The van der Waals surface area contributed by atoms with Gasteiger partial charge in [0.2, 0.25) is 0 Å². The Morgan fingerprint density at radius 2 is 1.88 bits per heavy atom. The third-order valence-corrected chi connectivity index (χ3v) is 2.74. The van der Waals surface area contributed by atoms with Crippen molar-refractivity contribution in [1.82, 2.24) is 0 Å². The molecule has 6 heteroatoms. The first-order valence-corrected chi connectivity index (χ1v) is 7.21. The van der Waals surface area contributed by atoms with Crippen molar-refractivity contribution in [3.8, 4) is 0 Å². The quantitative estimate of drug-likeness (QED) is 0.350. The molecule has 0 saturated heterocycles. The molecule has 0 saturated carbocycles. The predicted molar refractivity (Wildman–Crippen MR) is 89.4 cm³/mol. The van der Waals surface area contributed by atoms with E-state index < -0.39 is 5.54 Å². The van der Waals surface area contributed by atoms with E-state index in [-0.39, 0.29) is 57.6 Å². The minimum Gasteiger partial charge on any atom is -1.00 e. The fourth-order valence-corrected chi connectivity index (χ4v) is 1.92. The first-order chi connectivity index (χ1) is 9.92. The van der Waals surface area contributed by atoms with Gasteiger partial charge in [0.1, 0.15) is 0 Å². The molecule has 0 aliphatic heterocycles. The molecule has 2 aromatic carbocycles. The van der Waals surface area contributed by atoms with Gasteiger partial charge in [0.15, 0.2) is 0 Å². The van der Waals surface area contributed by atoms with Crippen LogP contribution in [0.15, 0.2) is 54.3 Å². The SMILES string of the molecule is CC(=CC(C)(C)[NH-])OCCCO.[Cl-].[Cl-].[Zr+4].c1ccc2[cH-]ccc2c1. The Morgan fingerprint density at radius 3 is 2.42 bits per heavy atom. The molecule has 0 amide bonds. The molecule has 0 unspecified atom stereocenters. The first-order valence-electron chi connectivity index (χ1n) is 7.21. The van der Waals surface area contributed by atoms with E-state index in [4.69, 9.17) is 15.6 Å². The summed E-state index contributed by atoms with van der Waals surface area (Å²) >= 11 is 0. The third kappa shape index (κ3) is 13.1. The smallest absolute Gasteiger partial charge is 1.00 e. The van der Waals surface area contributed by atoms with E-state index in [1.807, 2.05) is 6.92 Å². The van der Waals surface area contributed by atoms with Crippen molar-refractivity contribution in [2.24, 2.45) is 0 Å². The van der Waals surface area contributed by atoms with Gasteiger partial charge in [-0.25, -0.2) is 0 Å². The average molecular weight is 450 g/mol. The first kappa shape index (κ1) is 28.6. The van der Waals surface area contributed by atoms with Gasteiger partial charge in [0.05, 0.1) is 12.4 Å². The summed E-state index contributed by atoms with van der Waals surface area (Å²) in [6.45, 7) is 6.10. The van der Waals surface area contributed by atoms with E-state index in [9.17, 15) is 0 Å². The van der Waals surface area contributed by atoms with Crippen LogP contribution in [0.25, 0.3) is 16.5 Å². The molecule has 0 aliphatic rings. The Hall–Kier alpha value is -0.247. The maximum atomic E-state index is 8.48. The summed E-state index contributed by atoms with van der Waals surface area (Å²) in [6.07, 6.45) is 2.40. The number of hydrogen-bond donors (Lipinski definition) is 1. The number of hydrogen-bond acceptors (Lipinski definition) is 2. The van der Waals surface area contributed by atoms with Gasteiger partial charge in [-0.3, -0.25) is 0 Å². The van der Waals surface area contributed by atoms with Crippen LogP contribution in [0.2, 0.25) is 0 Å². The molecule has 0 fully saturated rings. The zero-order chi connectivity index (χ0) is 15.7. The van der Waals surface area contributed by atoms with Gasteiger partial charge >= 0.3 is 26.2 Å². The molecule has 0 bridgehead atoms. The third-order valence-electron chi connectivity index (χ3n) is 2.74. The van der Waals surface area contributed by atoms with Crippen molar-refractivity contribution in [3.05, 3.63) is 60.0 Å². The number of nitrogens with one attached hydrogen (secondary N) is 1. The molecule has 2 aromatic rings. The standard InChI is InChI=1S/C9H18NO2.C9H7.2ClH.Zr/c1-8(7-9(2,3)10)12-6-4-5-11;1-2-5-9-7-3-6-8(9)4-1;;;/h7,10-11H,4-6H2,1-3H3;1-7H;2*1H;/q2*-1;;;+4/p-2. The Labute approximate surface area is 177 Å². The summed E-state index contributed by atoms with van der Waals surface area (Å²) < 4.78 is 5.24. The number of ether oxygens (including phenoxy) is 1. The van der Waals surface area contributed by atoms with Gasteiger partial charge < -0.3 is 40.4 Å². The maximum absolute atomic E-state index is 8.48. The number of rotatable bonds is 5. The number of allylic oxidation sites excluding steroid dienone is 1. The maximum Gasteiger partial charge on any atom is 4.00 e. The van der Waals surface area contributed by atoms with Gasteiger partial charge in [0, 0.05) is 13.0 Å². The Balaban J connectivity index is -0.000000332. The number of fused-ring (bicyclic) bond motifs is 1. The van der Waals surface area contributed by atoms with Crippen molar-refractivity contribution < 1.29 is 60.9 Å². The average Bonchev–Trinajstić information content (AvgIpc) is 2.86. The minimum atomic E-state index is -0.580. The number of halogens is 2. The Bertz CT molecular complexity index is 535. The fraction of sp³-hybridized carbons (Fsp3) is 0.389. The van der Waals surface area contributed by atoms with Crippen LogP contribution >= 0.6 is 0 Å². The second kappa shape index (κ2) is 15.0. The van der Waals surface area contributed by atoms with Gasteiger partial charge in [0.25, 0.3) is 0 Å². The largest absolute Gasteiger partial charge is 4.00 e. The molecule has 3 nitrogen and oxygen atoms in total. The van der Waals surface area contributed by atoms with E-state index in [1.165, 1.54) is 10.8 Å². The zero-order valence-corrected chi connectivity index (χ0v) is 18.3. The molecular formula is C18H25Cl2NO2Zr. The van der Waals surface area contributed by atoms with Crippen molar-refractivity contribution in [1.29, 1.82) is 0 Å². The van der Waals surface area contributed by atoms with Crippen molar-refractivity contribution >= 4 is 10.8 Å². The van der Waals surface area contributed by atoms with Crippen molar-refractivity contribution in [2.45, 2.75) is 32.7 Å². The molecule has 0 aromatic heterocycles. The van der Waals surface area contributed by atoms with Crippen molar-refractivity contribution in [2.75, 3.05) is 13.2 Å². The molecule has 2 rings (SSSR count). The van der Waals surface area contributed by atoms with E-state index in [1.54, 1.807) is 19.9 Å². The molecule has 2 N–H and O–H groups in total. The second-order valence-corrected chi connectivity index (χ2v) is 5.56. The van der Waals surface area contributed by atoms with E-state index in [2.05, 4.69) is 42.5 Å². The molecule has 0 spiro atoms. The zero-order valence-electron chi connectivity index (χ0n) is 14.4. The van der Waals surface area contributed by atoms with E-state index in [0.717, 1.165) is 5.76 Å². The second-order valence-electron chi connectivity index (χ2n) is 5.56. The molecule has 0 aliphatic carbocycles. The Kier molecular flexibility index (Phi) is 17.9. The predicted octanol–water partition coefficient (Wildman–Crippen LogP) is -1.32. The number of aliphatic hydroxyl groups excluding tert-OH is 1. The van der Waals surface area contributed by atoms with Crippen LogP contribution in [0.1, 0.15) is 27.2 Å².